The number of carbonyl (C=O) groups is 3. The molecule has 0 fully saturated rings. The van der Waals surface area contributed by atoms with Gasteiger partial charge >= 0.3 is 18.2 Å². The first-order valence-corrected chi connectivity index (χ1v) is 8.22. The Balaban J connectivity index is 4.31. The van der Waals surface area contributed by atoms with E-state index in [0.717, 1.165) is 6.42 Å². The molecule has 0 heterocycles. The third-order valence-corrected chi connectivity index (χ3v) is 3.05. The van der Waals surface area contributed by atoms with E-state index in [9.17, 15) is 14.4 Å². The van der Waals surface area contributed by atoms with Crippen LogP contribution in [0.5, 0.6) is 0 Å². The average Bonchev–Trinajstić information content (AvgIpc) is 2.49. The lowest BCUT2D eigenvalue weighted by atomic mass is 9.87. The van der Waals surface area contributed by atoms with Gasteiger partial charge in [-0.05, 0) is 27.2 Å². The number of rotatable bonds is 10. The first-order chi connectivity index (χ1) is 11.2. The van der Waals surface area contributed by atoms with Gasteiger partial charge in [-0.3, -0.25) is 4.79 Å². The third-order valence-electron chi connectivity index (χ3n) is 3.05. The topological polar surface area (TPSA) is 103 Å². The molecule has 1 atom stereocenters. The summed E-state index contributed by atoms with van der Waals surface area (Å²) in [6.45, 7) is 9.43. The van der Waals surface area contributed by atoms with Gasteiger partial charge in [0.25, 0.3) is 0 Å². The Bertz CT molecular complexity index is 413. The highest BCUT2D eigenvalue weighted by Crippen LogP contribution is 2.24. The number of alkyl carbamates (subject to hydrolysis) is 2. The molecule has 1 unspecified atom stereocenters. The van der Waals surface area contributed by atoms with Crippen LogP contribution in [0.25, 0.3) is 0 Å². The summed E-state index contributed by atoms with van der Waals surface area (Å²) in [5.41, 5.74) is -0.496. The van der Waals surface area contributed by atoms with E-state index in [2.05, 4.69) is 10.6 Å². The molecule has 0 aliphatic rings. The smallest absolute Gasteiger partial charge is 0.407 e. The van der Waals surface area contributed by atoms with Crippen molar-refractivity contribution < 1.29 is 28.6 Å². The van der Waals surface area contributed by atoms with E-state index >= 15 is 0 Å². The molecular formula is C16H30N2O6. The van der Waals surface area contributed by atoms with Crippen molar-refractivity contribution in [3.63, 3.8) is 0 Å². The van der Waals surface area contributed by atoms with E-state index in [-0.39, 0.29) is 32.4 Å². The van der Waals surface area contributed by atoms with Crippen LogP contribution < -0.4 is 10.6 Å². The quantitative estimate of drug-likeness (QED) is 0.464. The summed E-state index contributed by atoms with van der Waals surface area (Å²) in [5.74, 6) is -0.528. The van der Waals surface area contributed by atoms with Gasteiger partial charge in [-0.15, -0.1) is 0 Å². The van der Waals surface area contributed by atoms with E-state index in [0.29, 0.717) is 6.42 Å². The van der Waals surface area contributed by atoms with Gasteiger partial charge in [-0.1, -0.05) is 20.3 Å². The molecular weight excluding hydrogens is 316 g/mol. The van der Waals surface area contributed by atoms with Gasteiger partial charge in [0.15, 0.2) is 0 Å². The Hall–Kier alpha value is -1.99. The third kappa shape index (κ3) is 10.7. The number of esters is 1. The van der Waals surface area contributed by atoms with Gasteiger partial charge in [-0.2, -0.15) is 0 Å². The van der Waals surface area contributed by atoms with Gasteiger partial charge in [0.2, 0.25) is 0 Å². The molecule has 0 saturated heterocycles. The van der Waals surface area contributed by atoms with Gasteiger partial charge in [0.05, 0.1) is 6.61 Å². The van der Waals surface area contributed by atoms with Crippen molar-refractivity contribution in [1.82, 2.24) is 10.6 Å². The molecule has 8 heteroatoms. The molecule has 140 valence electrons. The normalized spacial score (nSPS) is 12.9. The molecule has 2 amide bonds. The zero-order chi connectivity index (χ0) is 18.6. The average molecular weight is 346 g/mol. The van der Waals surface area contributed by atoms with Crippen LogP contribution in [0.4, 0.5) is 9.59 Å². The maximum atomic E-state index is 11.6. The first kappa shape index (κ1) is 22.0. The molecule has 8 nitrogen and oxygen atoms in total. The highest BCUT2D eigenvalue weighted by atomic mass is 16.6. The first-order valence-electron chi connectivity index (χ1n) is 8.22. The minimum absolute atomic E-state index is 0.0140. The number of nitrogens with one attached hydrogen (secondary N) is 2. The summed E-state index contributed by atoms with van der Waals surface area (Å²) in [6.07, 6.45) is 0.350. The van der Waals surface area contributed by atoms with Gasteiger partial charge in [-0.25, -0.2) is 9.59 Å². The van der Waals surface area contributed by atoms with Crippen LogP contribution in [-0.2, 0) is 19.0 Å². The zero-order valence-corrected chi connectivity index (χ0v) is 15.3. The minimum atomic E-state index is -0.711. The number of carbonyl (C=O) groups excluding carboxylic acids is 3. The highest BCUT2D eigenvalue weighted by molar-refractivity contribution is 5.77. The molecule has 0 aromatic heterocycles. The zero-order valence-electron chi connectivity index (χ0n) is 15.3. The van der Waals surface area contributed by atoms with Gasteiger partial charge in [0.1, 0.15) is 19.8 Å². The van der Waals surface area contributed by atoms with Crippen LogP contribution >= 0.6 is 0 Å². The largest absolute Gasteiger partial charge is 0.465 e. The molecule has 0 bridgehead atoms. The maximum Gasteiger partial charge on any atom is 0.407 e. The van der Waals surface area contributed by atoms with Crippen LogP contribution in [0.3, 0.4) is 0 Å². The summed E-state index contributed by atoms with van der Waals surface area (Å²) < 4.78 is 15.0. The van der Waals surface area contributed by atoms with E-state index < -0.39 is 23.6 Å². The molecule has 2 N–H and O–H groups in total. The molecule has 0 saturated carbocycles. The molecule has 24 heavy (non-hydrogen) atoms. The molecule has 0 aromatic carbocycles. The molecule has 0 aliphatic heterocycles. The molecule has 0 radical (unpaired) electrons. The Morgan fingerprint density at radius 1 is 1.00 bits per heavy atom. The number of hydrogen-bond acceptors (Lipinski definition) is 6. The van der Waals surface area contributed by atoms with Crippen molar-refractivity contribution in [3.8, 4) is 0 Å². The Kier molecular flexibility index (Phi) is 10.6. The minimum Gasteiger partial charge on any atom is -0.465 e. The number of hydrogen-bond donors (Lipinski definition) is 2. The second-order valence-electron chi connectivity index (χ2n) is 6.17. The molecule has 0 spiro atoms. The SMILES string of the molecule is CCCC(C)(COC(=O)NCC(=O)OCC)COC(=O)NC(C)C. The summed E-state index contributed by atoms with van der Waals surface area (Å²) in [7, 11) is 0. The molecule has 0 aliphatic carbocycles. The van der Waals surface area contributed by atoms with E-state index in [1.54, 1.807) is 6.92 Å². The van der Waals surface area contributed by atoms with E-state index in [4.69, 9.17) is 14.2 Å². The number of amides is 2. The van der Waals surface area contributed by atoms with Crippen LogP contribution in [0, 0.1) is 5.41 Å². The summed E-state index contributed by atoms with van der Waals surface area (Å²) in [5, 5.41) is 4.95. The van der Waals surface area contributed by atoms with Crippen molar-refractivity contribution >= 4 is 18.2 Å². The molecule has 0 rings (SSSR count). The fourth-order valence-corrected chi connectivity index (χ4v) is 1.95. The Labute approximate surface area is 143 Å². The van der Waals surface area contributed by atoms with Gasteiger partial charge < -0.3 is 24.8 Å². The van der Waals surface area contributed by atoms with Crippen LogP contribution in [-0.4, -0.2) is 50.6 Å². The Morgan fingerprint density at radius 3 is 2.08 bits per heavy atom. The second-order valence-corrected chi connectivity index (χ2v) is 6.17. The summed E-state index contributed by atoms with van der Waals surface area (Å²) in [6, 6.07) is -0.0140. The lowest BCUT2D eigenvalue weighted by molar-refractivity contribution is -0.141. The van der Waals surface area contributed by atoms with Gasteiger partial charge in [0, 0.05) is 11.5 Å². The van der Waals surface area contributed by atoms with E-state index in [1.165, 1.54) is 0 Å². The van der Waals surface area contributed by atoms with Crippen molar-refractivity contribution in [1.29, 1.82) is 0 Å². The predicted molar refractivity (Wildman–Crippen MR) is 88.6 cm³/mol. The molecule has 0 aromatic rings. The predicted octanol–water partition coefficient (Wildman–Crippen LogP) is 2.22. The fraction of sp³-hybridized carbons (Fsp3) is 0.812. The Morgan fingerprint density at radius 2 is 1.58 bits per heavy atom. The summed E-state index contributed by atoms with van der Waals surface area (Å²) in [4.78, 5) is 34.4. The number of ether oxygens (including phenoxy) is 3. The standard InChI is InChI=1S/C16H30N2O6/c1-6-8-16(5,11-24-15(21)18-12(3)4)10-23-14(20)17-9-13(19)22-7-2/h12H,6-11H2,1-5H3,(H,17,20)(H,18,21). The lowest BCUT2D eigenvalue weighted by Gasteiger charge is -2.28. The monoisotopic (exact) mass is 346 g/mol. The van der Waals surface area contributed by atoms with E-state index in [1.807, 2.05) is 27.7 Å². The highest BCUT2D eigenvalue weighted by Gasteiger charge is 2.28. The van der Waals surface area contributed by atoms with Crippen LogP contribution in [0.1, 0.15) is 47.5 Å². The maximum absolute atomic E-state index is 11.6. The van der Waals surface area contributed by atoms with Crippen molar-refractivity contribution in [2.75, 3.05) is 26.4 Å². The van der Waals surface area contributed by atoms with Crippen LogP contribution in [0.15, 0.2) is 0 Å². The lowest BCUT2D eigenvalue weighted by Crippen LogP contribution is -2.38. The summed E-state index contributed by atoms with van der Waals surface area (Å²) >= 11 is 0. The van der Waals surface area contributed by atoms with Crippen LogP contribution in [0.2, 0.25) is 0 Å². The second kappa shape index (κ2) is 11.5. The van der Waals surface area contributed by atoms with Crippen molar-refractivity contribution in [2.24, 2.45) is 5.41 Å². The fourth-order valence-electron chi connectivity index (χ4n) is 1.95. The van der Waals surface area contributed by atoms with Crippen molar-refractivity contribution in [3.05, 3.63) is 0 Å². The van der Waals surface area contributed by atoms with Crippen molar-refractivity contribution in [2.45, 2.75) is 53.5 Å².